The first-order valence-corrected chi connectivity index (χ1v) is 11.9. The van der Waals surface area contributed by atoms with Gasteiger partial charge in [0.1, 0.15) is 11.4 Å². The molecule has 1 fully saturated rings. The Labute approximate surface area is 214 Å². The molecule has 1 aliphatic heterocycles. The van der Waals surface area contributed by atoms with Crippen LogP contribution in [-0.2, 0) is 4.74 Å². The summed E-state index contributed by atoms with van der Waals surface area (Å²) >= 11 is 3.38. The van der Waals surface area contributed by atoms with Crippen LogP contribution in [0.4, 0.5) is 9.18 Å². The van der Waals surface area contributed by atoms with Crippen LogP contribution < -0.4 is 10.3 Å². The number of aliphatic hydroxyl groups excluding tert-OH is 1. The van der Waals surface area contributed by atoms with Gasteiger partial charge in [-0.2, -0.15) is 5.26 Å². The maximum Gasteiger partial charge on any atom is 0.411 e. The second kappa shape index (κ2) is 9.52. The van der Waals surface area contributed by atoms with Crippen LogP contribution in [0, 0.1) is 17.1 Å². The van der Waals surface area contributed by atoms with Crippen LogP contribution in [0.1, 0.15) is 44.6 Å². The molecule has 2 aromatic carbocycles. The first-order chi connectivity index (χ1) is 16.9. The number of halogens is 2. The van der Waals surface area contributed by atoms with E-state index in [1.807, 2.05) is 6.07 Å². The Balaban J connectivity index is 2.00. The van der Waals surface area contributed by atoms with Crippen LogP contribution in [0.5, 0.6) is 5.75 Å². The summed E-state index contributed by atoms with van der Waals surface area (Å²) in [6, 6.07) is 8.10. The molecule has 4 rings (SSSR count). The van der Waals surface area contributed by atoms with Crippen molar-refractivity contribution in [2.75, 3.05) is 13.7 Å². The summed E-state index contributed by atoms with van der Waals surface area (Å²) in [4.78, 5) is 32.9. The van der Waals surface area contributed by atoms with Crippen LogP contribution >= 0.6 is 15.9 Å². The first-order valence-electron chi connectivity index (χ1n) is 11.1. The number of hydrogen-bond donors (Lipinski definition) is 1. The van der Waals surface area contributed by atoms with Gasteiger partial charge >= 0.3 is 6.09 Å². The standard InChI is InChI=1S/C25H24BrFN4O5/c1-25(2,3)36-24(34)30-12-15(32)10-19(30)22-29-21-16(7-13(11-28)8-17(21)26)23(33)31(22)14-5-6-20(35-4)18(27)9-14/h5-9,15,19,32H,10,12H2,1-4H3/t15-,19+/m0/s1. The van der Waals surface area contributed by atoms with Gasteiger partial charge in [0.15, 0.2) is 11.6 Å². The van der Waals surface area contributed by atoms with Gasteiger partial charge in [-0.1, -0.05) is 0 Å². The van der Waals surface area contributed by atoms with E-state index in [9.17, 15) is 24.3 Å². The van der Waals surface area contributed by atoms with Crippen molar-refractivity contribution >= 4 is 32.9 Å². The van der Waals surface area contributed by atoms with Gasteiger partial charge in [-0.15, -0.1) is 0 Å². The van der Waals surface area contributed by atoms with E-state index >= 15 is 0 Å². The Hall–Kier alpha value is -3.49. The zero-order valence-electron chi connectivity index (χ0n) is 20.1. The van der Waals surface area contributed by atoms with Crippen LogP contribution in [0.2, 0.25) is 0 Å². The normalized spacial score (nSPS) is 17.8. The fourth-order valence-corrected chi connectivity index (χ4v) is 4.73. The summed E-state index contributed by atoms with van der Waals surface area (Å²) in [5.74, 6) is -0.594. The minimum Gasteiger partial charge on any atom is -0.494 e. The van der Waals surface area contributed by atoms with Gasteiger partial charge in [-0.25, -0.2) is 14.2 Å². The van der Waals surface area contributed by atoms with E-state index in [1.54, 1.807) is 20.8 Å². The van der Waals surface area contributed by atoms with Crippen molar-refractivity contribution in [1.29, 1.82) is 5.26 Å². The topological polar surface area (TPSA) is 118 Å². The molecule has 0 radical (unpaired) electrons. The van der Waals surface area contributed by atoms with E-state index in [1.165, 1.54) is 40.8 Å². The Morgan fingerprint density at radius 2 is 2.03 bits per heavy atom. The van der Waals surface area contributed by atoms with Crippen LogP contribution in [0.3, 0.4) is 0 Å². The molecule has 0 aliphatic carbocycles. The number of hydrogen-bond acceptors (Lipinski definition) is 7. The first kappa shape index (κ1) is 25.6. The molecular weight excluding hydrogens is 535 g/mol. The smallest absolute Gasteiger partial charge is 0.411 e. The molecule has 0 bridgehead atoms. The molecule has 1 aromatic heterocycles. The molecule has 1 amide bonds. The number of aromatic nitrogens is 2. The van der Waals surface area contributed by atoms with Gasteiger partial charge < -0.3 is 14.6 Å². The highest BCUT2D eigenvalue weighted by molar-refractivity contribution is 9.10. The quantitative estimate of drug-likeness (QED) is 0.511. The number of methoxy groups -OCH3 is 1. The number of aliphatic hydroxyl groups is 1. The summed E-state index contributed by atoms with van der Waals surface area (Å²) in [6.07, 6.45) is -1.48. The summed E-state index contributed by atoms with van der Waals surface area (Å²) in [5.41, 5.74) is -0.707. The Morgan fingerprint density at radius 3 is 2.64 bits per heavy atom. The predicted molar refractivity (Wildman–Crippen MR) is 133 cm³/mol. The molecule has 2 heterocycles. The average molecular weight is 559 g/mol. The molecule has 1 saturated heterocycles. The molecule has 188 valence electrons. The maximum atomic E-state index is 14.7. The lowest BCUT2D eigenvalue weighted by molar-refractivity contribution is 0.0199. The number of nitriles is 1. The SMILES string of the molecule is COc1ccc(-n2c([C@H]3C[C@H](O)CN3C(=O)OC(C)(C)C)nc3c(Br)cc(C#N)cc3c2=O)cc1F. The van der Waals surface area contributed by atoms with E-state index in [0.717, 1.165) is 6.07 Å². The molecular formula is C25H24BrFN4O5. The third-order valence-corrected chi connectivity index (χ3v) is 6.28. The molecule has 3 aromatic rings. The summed E-state index contributed by atoms with van der Waals surface area (Å²) in [7, 11) is 1.33. The fraction of sp³-hybridized carbons (Fsp3) is 0.360. The third-order valence-electron chi connectivity index (χ3n) is 5.68. The Bertz CT molecular complexity index is 1460. The lowest BCUT2D eigenvalue weighted by Crippen LogP contribution is -2.39. The number of amides is 1. The number of carbonyl (C=O) groups excluding carboxylic acids is 1. The molecule has 0 spiro atoms. The largest absolute Gasteiger partial charge is 0.494 e. The number of likely N-dealkylation sites (tertiary alicyclic amines) is 1. The monoisotopic (exact) mass is 558 g/mol. The molecule has 9 nitrogen and oxygen atoms in total. The van der Waals surface area contributed by atoms with E-state index in [2.05, 4.69) is 15.9 Å². The van der Waals surface area contributed by atoms with Gasteiger partial charge in [0.25, 0.3) is 5.56 Å². The molecule has 11 heteroatoms. The molecule has 0 unspecified atom stereocenters. The van der Waals surface area contributed by atoms with Gasteiger partial charge in [-0.3, -0.25) is 14.3 Å². The number of β-amino-alcohol motifs (C(OH)–C–C–N with tert-alkyl or cyclic N) is 1. The Kier molecular flexibility index (Phi) is 6.77. The number of carbonyl (C=O) groups is 1. The molecule has 1 N–H and O–H groups in total. The van der Waals surface area contributed by atoms with Crippen molar-refractivity contribution in [3.63, 3.8) is 0 Å². The molecule has 0 saturated carbocycles. The minimum atomic E-state index is -0.888. The Morgan fingerprint density at radius 1 is 1.31 bits per heavy atom. The average Bonchev–Trinajstić information content (AvgIpc) is 3.20. The fourth-order valence-electron chi connectivity index (χ4n) is 4.18. The van der Waals surface area contributed by atoms with Crippen molar-refractivity contribution in [3.05, 3.63) is 62.4 Å². The highest BCUT2D eigenvalue weighted by Gasteiger charge is 2.40. The molecule has 1 aliphatic rings. The van der Waals surface area contributed by atoms with Crippen molar-refractivity contribution in [3.8, 4) is 17.5 Å². The summed E-state index contributed by atoms with van der Waals surface area (Å²) < 4.78 is 26.8. The second-order valence-electron chi connectivity index (χ2n) is 9.43. The summed E-state index contributed by atoms with van der Waals surface area (Å²) in [5, 5.41) is 20.0. The zero-order valence-corrected chi connectivity index (χ0v) is 21.7. The van der Waals surface area contributed by atoms with Crippen LogP contribution in [-0.4, -0.2) is 51.0 Å². The number of ether oxygens (including phenoxy) is 2. The van der Waals surface area contributed by atoms with E-state index < -0.39 is 35.2 Å². The highest BCUT2D eigenvalue weighted by atomic mass is 79.9. The number of fused-ring (bicyclic) bond motifs is 1. The molecule has 2 atom stereocenters. The van der Waals surface area contributed by atoms with Crippen LogP contribution in [0.15, 0.2) is 39.6 Å². The van der Waals surface area contributed by atoms with Gasteiger partial charge in [0.2, 0.25) is 0 Å². The lowest BCUT2D eigenvalue weighted by atomic mass is 10.1. The van der Waals surface area contributed by atoms with Crippen molar-refractivity contribution in [2.24, 2.45) is 0 Å². The van der Waals surface area contributed by atoms with Gasteiger partial charge in [-0.05, 0) is 61.0 Å². The lowest BCUT2D eigenvalue weighted by Gasteiger charge is -2.29. The van der Waals surface area contributed by atoms with Crippen molar-refractivity contribution in [1.82, 2.24) is 14.5 Å². The third kappa shape index (κ3) is 4.79. The number of nitrogens with zero attached hydrogens (tertiary/aromatic N) is 4. The van der Waals surface area contributed by atoms with Gasteiger partial charge in [0.05, 0.1) is 54.0 Å². The van der Waals surface area contributed by atoms with Crippen molar-refractivity contribution in [2.45, 2.75) is 44.9 Å². The number of benzene rings is 2. The van der Waals surface area contributed by atoms with Crippen molar-refractivity contribution < 1.29 is 23.8 Å². The van der Waals surface area contributed by atoms with Crippen LogP contribution in [0.25, 0.3) is 16.6 Å². The minimum absolute atomic E-state index is 0.0109. The number of rotatable bonds is 3. The molecule has 36 heavy (non-hydrogen) atoms. The van der Waals surface area contributed by atoms with E-state index in [0.29, 0.717) is 4.47 Å². The summed E-state index contributed by atoms with van der Waals surface area (Å²) in [6.45, 7) is 5.14. The highest BCUT2D eigenvalue weighted by Crippen LogP contribution is 2.35. The second-order valence-corrected chi connectivity index (χ2v) is 10.3. The van der Waals surface area contributed by atoms with Gasteiger partial charge in [0, 0.05) is 17.0 Å². The maximum absolute atomic E-state index is 14.7. The van der Waals surface area contributed by atoms with E-state index in [4.69, 9.17) is 14.5 Å². The predicted octanol–water partition coefficient (Wildman–Crippen LogP) is 4.21. The zero-order chi connectivity index (χ0) is 26.4. The van der Waals surface area contributed by atoms with E-state index in [-0.39, 0.29) is 46.7 Å².